The van der Waals surface area contributed by atoms with Crippen molar-refractivity contribution in [2.75, 3.05) is 5.32 Å². The number of aromatic nitrogens is 2. The lowest BCUT2D eigenvalue weighted by Crippen LogP contribution is -2.14. The number of hydrogen-bond donors (Lipinski definition) is 2. The fraction of sp³-hybridized carbons (Fsp3) is 0.312. The molecule has 2 N–H and O–H groups in total. The van der Waals surface area contributed by atoms with Gasteiger partial charge in [0.15, 0.2) is 0 Å². The Morgan fingerprint density at radius 3 is 2.41 bits per heavy atom. The highest BCUT2D eigenvalue weighted by Gasteiger charge is 2.15. The molecule has 0 aliphatic heterocycles. The Morgan fingerprint density at radius 1 is 1.27 bits per heavy atom. The van der Waals surface area contributed by atoms with E-state index in [1.54, 1.807) is 35.1 Å². The first-order valence-electron chi connectivity index (χ1n) is 7.04. The van der Waals surface area contributed by atoms with Gasteiger partial charge in [-0.3, -0.25) is 14.3 Å². The molecule has 1 amide bonds. The molecule has 0 aliphatic carbocycles. The van der Waals surface area contributed by atoms with Gasteiger partial charge in [-0.1, -0.05) is 12.1 Å². The molecule has 1 aromatic heterocycles. The zero-order valence-electron chi connectivity index (χ0n) is 12.8. The van der Waals surface area contributed by atoms with E-state index in [1.807, 2.05) is 20.8 Å². The van der Waals surface area contributed by atoms with E-state index in [4.69, 9.17) is 5.11 Å². The van der Waals surface area contributed by atoms with E-state index in [9.17, 15) is 9.59 Å². The van der Waals surface area contributed by atoms with E-state index >= 15 is 0 Å². The molecule has 6 nitrogen and oxygen atoms in total. The van der Waals surface area contributed by atoms with Crippen molar-refractivity contribution in [1.82, 2.24) is 9.78 Å². The van der Waals surface area contributed by atoms with Crippen LogP contribution in [0.25, 0.3) is 0 Å². The van der Waals surface area contributed by atoms with Gasteiger partial charge in [-0.25, -0.2) is 0 Å². The Balaban J connectivity index is 2.10. The third-order valence-electron chi connectivity index (χ3n) is 3.35. The van der Waals surface area contributed by atoms with Gasteiger partial charge in [0.1, 0.15) is 0 Å². The minimum absolute atomic E-state index is 0.0332. The second-order valence-corrected chi connectivity index (χ2v) is 5.40. The van der Waals surface area contributed by atoms with Crippen molar-refractivity contribution in [2.24, 2.45) is 0 Å². The Hall–Kier alpha value is -2.63. The van der Waals surface area contributed by atoms with Crippen molar-refractivity contribution < 1.29 is 14.7 Å². The van der Waals surface area contributed by atoms with E-state index < -0.39 is 5.97 Å². The highest BCUT2D eigenvalue weighted by Crippen LogP contribution is 2.16. The highest BCUT2D eigenvalue weighted by atomic mass is 16.4. The number of carbonyl (C=O) groups excluding carboxylic acids is 1. The number of hydrogen-bond acceptors (Lipinski definition) is 3. The van der Waals surface area contributed by atoms with Gasteiger partial charge in [0.2, 0.25) is 0 Å². The van der Waals surface area contributed by atoms with Crippen LogP contribution in [-0.2, 0) is 11.2 Å². The van der Waals surface area contributed by atoms with Gasteiger partial charge in [0, 0.05) is 17.4 Å². The Morgan fingerprint density at radius 2 is 1.91 bits per heavy atom. The maximum atomic E-state index is 12.3. The molecule has 0 fully saturated rings. The maximum Gasteiger partial charge on any atom is 0.307 e. The minimum atomic E-state index is -0.881. The van der Waals surface area contributed by atoms with E-state index in [-0.39, 0.29) is 18.4 Å². The summed E-state index contributed by atoms with van der Waals surface area (Å²) in [6, 6.07) is 6.95. The third-order valence-corrected chi connectivity index (χ3v) is 3.35. The summed E-state index contributed by atoms with van der Waals surface area (Å²) in [4.78, 5) is 22.9. The summed E-state index contributed by atoms with van der Waals surface area (Å²) in [5, 5.41) is 15.7. The van der Waals surface area contributed by atoms with Crippen molar-refractivity contribution in [3.05, 3.63) is 47.3 Å². The van der Waals surface area contributed by atoms with Gasteiger partial charge in [-0.15, -0.1) is 0 Å². The first-order valence-corrected chi connectivity index (χ1v) is 7.04. The predicted octanol–water partition coefficient (Wildman–Crippen LogP) is 2.65. The van der Waals surface area contributed by atoms with Crippen LogP contribution in [0.1, 0.15) is 41.5 Å². The number of nitrogens with zero attached hydrogens (tertiary/aromatic N) is 2. The fourth-order valence-electron chi connectivity index (χ4n) is 2.25. The minimum Gasteiger partial charge on any atom is -0.481 e. The molecule has 6 heteroatoms. The number of benzene rings is 1. The third kappa shape index (κ3) is 3.52. The quantitative estimate of drug-likeness (QED) is 0.889. The molecular formula is C16H19N3O3. The second kappa shape index (κ2) is 6.43. The molecule has 2 rings (SSSR count). The lowest BCUT2D eigenvalue weighted by Gasteiger charge is -2.09. The number of anilines is 1. The number of amides is 1. The van der Waals surface area contributed by atoms with Crippen LogP contribution in [0.4, 0.5) is 5.69 Å². The van der Waals surface area contributed by atoms with Crippen molar-refractivity contribution in [3.63, 3.8) is 0 Å². The summed E-state index contributed by atoms with van der Waals surface area (Å²) in [5.41, 5.74) is 2.66. The van der Waals surface area contributed by atoms with Gasteiger partial charge in [0.25, 0.3) is 5.91 Å². The van der Waals surface area contributed by atoms with Crippen LogP contribution in [0, 0.1) is 6.92 Å². The molecule has 1 aromatic carbocycles. The molecule has 2 aromatic rings. The molecule has 0 bridgehead atoms. The van der Waals surface area contributed by atoms with Crippen molar-refractivity contribution in [3.8, 4) is 0 Å². The first-order chi connectivity index (χ1) is 10.4. The summed E-state index contributed by atoms with van der Waals surface area (Å²) in [6.45, 7) is 5.86. The Kier molecular flexibility index (Phi) is 4.60. The van der Waals surface area contributed by atoms with Crippen molar-refractivity contribution >= 4 is 17.6 Å². The molecule has 0 unspecified atom stereocenters. The molecule has 0 aliphatic rings. The molecule has 0 saturated carbocycles. The smallest absolute Gasteiger partial charge is 0.307 e. The SMILES string of the molecule is Cc1c(C(=O)Nc2ccc(CC(=O)O)cc2)cnn1C(C)C. The molecule has 0 atom stereocenters. The zero-order valence-corrected chi connectivity index (χ0v) is 12.8. The Labute approximate surface area is 128 Å². The molecule has 116 valence electrons. The van der Waals surface area contributed by atoms with Crippen LogP contribution < -0.4 is 5.32 Å². The summed E-state index contributed by atoms with van der Waals surface area (Å²) >= 11 is 0. The van der Waals surface area contributed by atoms with Crippen molar-refractivity contribution in [2.45, 2.75) is 33.2 Å². The number of nitrogens with one attached hydrogen (secondary N) is 1. The monoisotopic (exact) mass is 301 g/mol. The predicted molar refractivity (Wildman–Crippen MR) is 83.1 cm³/mol. The fourth-order valence-corrected chi connectivity index (χ4v) is 2.25. The molecular weight excluding hydrogens is 282 g/mol. The van der Waals surface area contributed by atoms with Crippen LogP contribution in [-0.4, -0.2) is 26.8 Å². The topological polar surface area (TPSA) is 84.2 Å². The number of carbonyl (C=O) groups is 2. The molecule has 0 radical (unpaired) electrons. The lowest BCUT2D eigenvalue weighted by atomic mass is 10.1. The standard InChI is InChI=1S/C16H19N3O3/c1-10(2)19-11(3)14(9-17-19)16(22)18-13-6-4-12(5-7-13)8-15(20)21/h4-7,9-10H,8H2,1-3H3,(H,18,22)(H,20,21). The maximum absolute atomic E-state index is 12.3. The zero-order chi connectivity index (χ0) is 16.3. The van der Waals surface area contributed by atoms with Gasteiger partial charge < -0.3 is 10.4 Å². The summed E-state index contributed by atoms with van der Waals surface area (Å²) in [5.74, 6) is -1.11. The average molecular weight is 301 g/mol. The number of carboxylic acids is 1. The van der Waals surface area contributed by atoms with Gasteiger partial charge >= 0.3 is 5.97 Å². The van der Waals surface area contributed by atoms with Crippen LogP contribution >= 0.6 is 0 Å². The summed E-state index contributed by atoms with van der Waals surface area (Å²) in [7, 11) is 0. The van der Waals surface area contributed by atoms with Gasteiger partial charge in [-0.05, 0) is 38.5 Å². The molecule has 1 heterocycles. The highest BCUT2D eigenvalue weighted by molar-refractivity contribution is 6.04. The number of aliphatic carboxylic acids is 1. The molecule has 0 saturated heterocycles. The summed E-state index contributed by atoms with van der Waals surface area (Å²) < 4.78 is 1.80. The van der Waals surface area contributed by atoms with Crippen LogP contribution in [0.5, 0.6) is 0 Å². The lowest BCUT2D eigenvalue weighted by molar-refractivity contribution is -0.136. The average Bonchev–Trinajstić information content (AvgIpc) is 2.82. The largest absolute Gasteiger partial charge is 0.481 e. The Bertz CT molecular complexity index is 687. The summed E-state index contributed by atoms with van der Waals surface area (Å²) in [6.07, 6.45) is 1.53. The number of rotatable bonds is 5. The van der Waals surface area contributed by atoms with Gasteiger partial charge in [0.05, 0.1) is 18.2 Å². The van der Waals surface area contributed by atoms with Crippen LogP contribution in [0.3, 0.4) is 0 Å². The van der Waals surface area contributed by atoms with Crippen LogP contribution in [0.15, 0.2) is 30.5 Å². The van der Waals surface area contributed by atoms with Crippen LogP contribution in [0.2, 0.25) is 0 Å². The normalized spacial score (nSPS) is 10.7. The second-order valence-electron chi connectivity index (χ2n) is 5.40. The molecule has 22 heavy (non-hydrogen) atoms. The van der Waals surface area contributed by atoms with E-state index in [1.165, 1.54) is 0 Å². The first kappa shape index (κ1) is 15.8. The van der Waals surface area contributed by atoms with Gasteiger partial charge in [-0.2, -0.15) is 5.10 Å². The number of carboxylic acid groups (broad SMARTS) is 1. The van der Waals surface area contributed by atoms with E-state index in [2.05, 4.69) is 10.4 Å². The van der Waals surface area contributed by atoms with E-state index in [0.29, 0.717) is 16.8 Å². The molecule has 0 spiro atoms. The van der Waals surface area contributed by atoms with Crippen molar-refractivity contribution in [1.29, 1.82) is 0 Å². The van der Waals surface area contributed by atoms with E-state index in [0.717, 1.165) is 5.69 Å².